The van der Waals surface area contributed by atoms with Crippen LogP contribution in [0.2, 0.25) is 0 Å². The zero-order valence-electron chi connectivity index (χ0n) is 11.2. The number of pyridine rings is 2. The lowest BCUT2D eigenvalue weighted by Gasteiger charge is -2.16. The maximum absolute atomic E-state index is 12.5. The van der Waals surface area contributed by atoms with Crippen molar-refractivity contribution in [3.05, 3.63) is 52.9 Å². The molecule has 0 aliphatic rings. The van der Waals surface area contributed by atoms with E-state index in [1.165, 1.54) is 11.1 Å². The van der Waals surface area contributed by atoms with Crippen LogP contribution in [0.4, 0.5) is 11.5 Å². The van der Waals surface area contributed by atoms with Gasteiger partial charge in [0.05, 0.1) is 28.1 Å². The second-order valence-electron chi connectivity index (χ2n) is 4.55. The van der Waals surface area contributed by atoms with Gasteiger partial charge in [-0.05, 0) is 40.2 Å². The number of nitrogens with two attached hydrogens (primary N) is 1. The zero-order valence-corrected chi connectivity index (χ0v) is 12.8. The first kappa shape index (κ1) is 13.6. The van der Waals surface area contributed by atoms with Crippen LogP contribution in [0.1, 0.15) is 10.4 Å². The number of nitrogen functional groups attached to an aromatic ring is 1. The van der Waals surface area contributed by atoms with Crippen molar-refractivity contribution in [1.82, 2.24) is 14.6 Å². The number of fused-ring (bicyclic) bond motifs is 1. The number of carbonyl (C=O) groups excluding carboxylic acids is 1. The minimum absolute atomic E-state index is 0.150. The molecule has 0 fully saturated rings. The quantitative estimate of drug-likeness (QED) is 0.773. The number of hydrogen-bond acceptors (Lipinski definition) is 4. The molecule has 0 spiro atoms. The van der Waals surface area contributed by atoms with Gasteiger partial charge in [0, 0.05) is 18.8 Å². The maximum atomic E-state index is 12.5. The summed E-state index contributed by atoms with van der Waals surface area (Å²) in [7, 11) is 1.68. The van der Waals surface area contributed by atoms with Gasteiger partial charge >= 0.3 is 0 Å². The Morgan fingerprint density at radius 1 is 1.33 bits per heavy atom. The minimum atomic E-state index is -0.150. The van der Waals surface area contributed by atoms with E-state index in [9.17, 15) is 4.79 Å². The molecule has 0 unspecified atom stereocenters. The lowest BCUT2D eigenvalue weighted by molar-refractivity contribution is 0.0992. The molecule has 6 nitrogen and oxygen atoms in total. The van der Waals surface area contributed by atoms with E-state index in [2.05, 4.69) is 26.0 Å². The second-order valence-corrected chi connectivity index (χ2v) is 5.41. The summed E-state index contributed by atoms with van der Waals surface area (Å²) in [4.78, 5) is 18.1. The lowest BCUT2D eigenvalue weighted by atomic mass is 10.2. The smallest absolute Gasteiger partial charge is 0.259 e. The molecule has 0 atom stereocenters. The largest absolute Gasteiger partial charge is 0.397 e. The fraction of sp³-hybridized carbons (Fsp3) is 0.0714. The van der Waals surface area contributed by atoms with Crippen LogP contribution in [0.25, 0.3) is 5.52 Å². The van der Waals surface area contributed by atoms with E-state index in [0.29, 0.717) is 17.1 Å². The van der Waals surface area contributed by atoms with Gasteiger partial charge in [-0.15, -0.1) is 0 Å². The van der Waals surface area contributed by atoms with Crippen LogP contribution in [0, 0.1) is 0 Å². The van der Waals surface area contributed by atoms with E-state index in [4.69, 9.17) is 5.73 Å². The van der Waals surface area contributed by atoms with Crippen LogP contribution < -0.4 is 10.6 Å². The van der Waals surface area contributed by atoms with Crippen LogP contribution in [-0.2, 0) is 0 Å². The number of amides is 1. The Labute approximate surface area is 129 Å². The van der Waals surface area contributed by atoms with E-state index in [1.807, 2.05) is 0 Å². The summed E-state index contributed by atoms with van der Waals surface area (Å²) in [6.45, 7) is 0. The van der Waals surface area contributed by atoms with E-state index < -0.39 is 0 Å². The molecule has 21 heavy (non-hydrogen) atoms. The van der Waals surface area contributed by atoms with Crippen molar-refractivity contribution in [2.24, 2.45) is 0 Å². The van der Waals surface area contributed by atoms with E-state index in [-0.39, 0.29) is 5.91 Å². The Bertz CT molecular complexity index is 812. The van der Waals surface area contributed by atoms with Crippen molar-refractivity contribution in [2.45, 2.75) is 0 Å². The predicted octanol–water partition coefficient (Wildman–Crippen LogP) is 2.35. The normalized spacial score (nSPS) is 10.8. The van der Waals surface area contributed by atoms with Crippen molar-refractivity contribution >= 4 is 38.9 Å². The van der Waals surface area contributed by atoms with Crippen molar-refractivity contribution in [1.29, 1.82) is 0 Å². The predicted molar refractivity (Wildman–Crippen MR) is 84.3 cm³/mol. The standard InChI is InChI=1S/C14H12BrN5O/c1-19(13-3-2-10(16)7-17-13)14(21)9-4-5-20-12(6-9)11(15)8-18-20/h2-8H,16H2,1H3. The summed E-state index contributed by atoms with van der Waals surface area (Å²) in [6.07, 6.45) is 4.96. The Hall–Kier alpha value is -2.41. The molecule has 3 aromatic rings. The molecule has 0 aliphatic carbocycles. The van der Waals surface area contributed by atoms with Crippen molar-refractivity contribution < 1.29 is 4.79 Å². The van der Waals surface area contributed by atoms with Gasteiger partial charge in [-0.3, -0.25) is 9.69 Å². The van der Waals surface area contributed by atoms with Crippen LogP contribution in [0.5, 0.6) is 0 Å². The molecular formula is C14H12BrN5O. The molecule has 3 heterocycles. The molecule has 0 saturated carbocycles. The van der Waals surface area contributed by atoms with Gasteiger partial charge in [-0.2, -0.15) is 5.10 Å². The Morgan fingerprint density at radius 3 is 2.86 bits per heavy atom. The first-order valence-electron chi connectivity index (χ1n) is 6.19. The molecule has 0 bridgehead atoms. The third-order valence-electron chi connectivity index (χ3n) is 3.14. The van der Waals surface area contributed by atoms with E-state index in [0.717, 1.165) is 9.99 Å². The van der Waals surface area contributed by atoms with Gasteiger partial charge in [0.1, 0.15) is 5.82 Å². The molecule has 2 N–H and O–H groups in total. The van der Waals surface area contributed by atoms with Gasteiger partial charge < -0.3 is 5.73 Å². The number of rotatable bonds is 2. The second kappa shape index (κ2) is 5.17. The monoisotopic (exact) mass is 345 g/mol. The molecule has 3 aromatic heterocycles. The number of carbonyl (C=O) groups is 1. The summed E-state index contributed by atoms with van der Waals surface area (Å²) in [6, 6.07) is 6.93. The SMILES string of the molecule is CN(C(=O)c1ccn2ncc(Br)c2c1)c1ccc(N)cn1. The van der Waals surface area contributed by atoms with Gasteiger partial charge in [-0.1, -0.05) is 0 Å². The number of hydrogen-bond donors (Lipinski definition) is 1. The zero-order chi connectivity index (χ0) is 15.0. The summed E-state index contributed by atoms with van der Waals surface area (Å²) in [5.74, 6) is 0.393. The summed E-state index contributed by atoms with van der Waals surface area (Å²) >= 11 is 3.41. The third kappa shape index (κ3) is 2.47. The fourth-order valence-corrected chi connectivity index (χ4v) is 2.37. The molecular weight excluding hydrogens is 334 g/mol. The molecule has 106 valence electrons. The highest BCUT2D eigenvalue weighted by molar-refractivity contribution is 9.10. The lowest BCUT2D eigenvalue weighted by Crippen LogP contribution is -2.27. The Balaban J connectivity index is 1.95. The first-order chi connectivity index (χ1) is 10.1. The highest BCUT2D eigenvalue weighted by Gasteiger charge is 2.15. The molecule has 3 rings (SSSR count). The van der Waals surface area contributed by atoms with Gasteiger partial charge in [0.2, 0.25) is 0 Å². The van der Waals surface area contributed by atoms with Gasteiger partial charge in [0.15, 0.2) is 0 Å². The van der Waals surface area contributed by atoms with Crippen LogP contribution in [0.15, 0.2) is 47.3 Å². The molecule has 0 radical (unpaired) electrons. The average molecular weight is 346 g/mol. The number of halogens is 1. The molecule has 1 amide bonds. The summed E-state index contributed by atoms with van der Waals surface area (Å²) in [5, 5.41) is 4.15. The molecule has 0 saturated heterocycles. The minimum Gasteiger partial charge on any atom is -0.397 e. The molecule has 7 heteroatoms. The number of anilines is 2. The summed E-state index contributed by atoms with van der Waals surface area (Å²) < 4.78 is 2.54. The number of aromatic nitrogens is 3. The fourth-order valence-electron chi connectivity index (χ4n) is 1.98. The Kier molecular flexibility index (Phi) is 3.34. The van der Waals surface area contributed by atoms with Crippen molar-refractivity contribution in [3.8, 4) is 0 Å². The van der Waals surface area contributed by atoms with Crippen molar-refractivity contribution in [2.75, 3.05) is 17.7 Å². The maximum Gasteiger partial charge on any atom is 0.259 e. The van der Waals surface area contributed by atoms with Gasteiger partial charge in [0.25, 0.3) is 5.91 Å². The van der Waals surface area contributed by atoms with Crippen LogP contribution in [-0.4, -0.2) is 27.6 Å². The average Bonchev–Trinajstić information content (AvgIpc) is 2.87. The van der Waals surface area contributed by atoms with E-state index >= 15 is 0 Å². The van der Waals surface area contributed by atoms with Crippen molar-refractivity contribution in [3.63, 3.8) is 0 Å². The highest BCUT2D eigenvalue weighted by Crippen LogP contribution is 2.20. The van der Waals surface area contributed by atoms with Crippen LogP contribution >= 0.6 is 15.9 Å². The van der Waals surface area contributed by atoms with E-state index in [1.54, 1.807) is 48.2 Å². The number of nitrogens with zero attached hydrogens (tertiary/aromatic N) is 4. The van der Waals surface area contributed by atoms with Gasteiger partial charge in [-0.25, -0.2) is 9.50 Å². The molecule has 0 aliphatic heterocycles. The highest BCUT2D eigenvalue weighted by atomic mass is 79.9. The summed E-state index contributed by atoms with van der Waals surface area (Å²) in [5.41, 5.74) is 7.55. The third-order valence-corrected chi connectivity index (χ3v) is 3.75. The molecule has 0 aromatic carbocycles. The Morgan fingerprint density at radius 2 is 2.14 bits per heavy atom. The first-order valence-corrected chi connectivity index (χ1v) is 6.98. The topological polar surface area (TPSA) is 76.5 Å². The van der Waals surface area contributed by atoms with Crippen LogP contribution in [0.3, 0.4) is 0 Å².